The summed E-state index contributed by atoms with van der Waals surface area (Å²) in [4.78, 5) is 28.3. The summed E-state index contributed by atoms with van der Waals surface area (Å²) >= 11 is 0. The second kappa shape index (κ2) is 8.84. The molecule has 1 aromatic carbocycles. The molecule has 0 bridgehead atoms. The Bertz CT molecular complexity index is 1490. The van der Waals surface area contributed by atoms with E-state index in [1.807, 2.05) is 48.2 Å². The van der Waals surface area contributed by atoms with Gasteiger partial charge in [-0.05, 0) is 49.2 Å². The smallest absolute Gasteiger partial charge is 0.271 e. The maximum atomic E-state index is 13.7. The van der Waals surface area contributed by atoms with Gasteiger partial charge in [-0.15, -0.1) is 0 Å². The van der Waals surface area contributed by atoms with E-state index >= 15 is 0 Å². The van der Waals surface area contributed by atoms with Crippen molar-refractivity contribution in [3.8, 4) is 22.5 Å². The summed E-state index contributed by atoms with van der Waals surface area (Å²) < 4.78 is 20.0. The third-order valence-electron chi connectivity index (χ3n) is 6.27. The van der Waals surface area contributed by atoms with Crippen LogP contribution in [0, 0.1) is 13.5 Å². The van der Waals surface area contributed by atoms with E-state index in [-0.39, 0.29) is 5.91 Å². The number of rotatable bonds is 4. The van der Waals surface area contributed by atoms with E-state index in [1.165, 1.54) is 4.90 Å². The quantitative estimate of drug-likeness (QED) is 0.361. The van der Waals surface area contributed by atoms with Gasteiger partial charge in [-0.2, -0.15) is 0 Å². The zero-order valence-corrected chi connectivity index (χ0v) is 19.7. The van der Waals surface area contributed by atoms with Crippen molar-refractivity contribution in [1.82, 2.24) is 14.9 Å². The number of benzene rings is 1. The Hall–Kier alpha value is -4.25. The number of pyridine rings is 2. The minimum Gasteiger partial charge on any atom is -0.454 e. The molecular weight excluding hydrogens is 445 g/mol. The number of hydrogen-bond donors (Lipinski definition) is 0. The number of alkyl halides is 1. The van der Waals surface area contributed by atoms with Crippen LogP contribution < -0.4 is 4.90 Å². The fourth-order valence-electron chi connectivity index (χ4n) is 4.45. The van der Waals surface area contributed by atoms with Crippen molar-refractivity contribution < 1.29 is 13.6 Å². The third kappa shape index (κ3) is 4.10. The number of fused-ring (bicyclic) bond motifs is 1. The zero-order valence-electron chi connectivity index (χ0n) is 19.7. The molecule has 1 saturated heterocycles. The van der Waals surface area contributed by atoms with E-state index in [1.54, 1.807) is 26.4 Å². The van der Waals surface area contributed by atoms with Gasteiger partial charge in [-0.25, -0.2) is 14.2 Å². The van der Waals surface area contributed by atoms with E-state index in [9.17, 15) is 9.18 Å². The summed E-state index contributed by atoms with van der Waals surface area (Å²) in [5, 5.41) is 0. The van der Waals surface area contributed by atoms with Gasteiger partial charge in [0.25, 0.3) is 5.91 Å². The molecular formula is C27H24FN5O2. The van der Waals surface area contributed by atoms with Crippen LogP contribution in [0.2, 0.25) is 0 Å². The first kappa shape index (κ1) is 22.5. The Balaban J connectivity index is 1.54. The van der Waals surface area contributed by atoms with Crippen LogP contribution in [-0.4, -0.2) is 54.1 Å². The lowest BCUT2D eigenvalue weighted by Gasteiger charge is -2.20. The molecule has 3 aromatic heterocycles. The van der Waals surface area contributed by atoms with Crippen molar-refractivity contribution in [2.45, 2.75) is 19.5 Å². The average molecular weight is 470 g/mol. The Labute approximate surface area is 202 Å². The summed E-state index contributed by atoms with van der Waals surface area (Å²) in [7, 11) is 3.38. The lowest BCUT2D eigenvalue weighted by atomic mass is 10.0. The average Bonchev–Trinajstić information content (AvgIpc) is 3.49. The Morgan fingerprint density at radius 1 is 1.20 bits per heavy atom. The molecule has 8 heteroatoms. The molecule has 1 aliphatic rings. The summed E-state index contributed by atoms with van der Waals surface area (Å²) in [6.07, 6.45) is 1.33. The molecule has 1 amide bonds. The summed E-state index contributed by atoms with van der Waals surface area (Å²) in [6.45, 7) is 10.4. The number of halogens is 1. The summed E-state index contributed by atoms with van der Waals surface area (Å²) in [5.74, 6) is 0.435. The van der Waals surface area contributed by atoms with Gasteiger partial charge in [-0.3, -0.25) is 9.78 Å². The zero-order chi connectivity index (χ0) is 24.7. The number of furan rings is 1. The fourth-order valence-corrected chi connectivity index (χ4v) is 4.45. The Kier molecular flexibility index (Phi) is 5.69. The van der Waals surface area contributed by atoms with Crippen LogP contribution >= 0.6 is 0 Å². The molecule has 1 atom stereocenters. The van der Waals surface area contributed by atoms with Crippen molar-refractivity contribution >= 4 is 28.4 Å². The Morgan fingerprint density at radius 2 is 2.03 bits per heavy atom. The number of hydrogen-bond acceptors (Lipinski definition) is 5. The summed E-state index contributed by atoms with van der Waals surface area (Å²) in [6, 6.07) is 12.9. The molecule has 0 aliphatic carbocycles. The second-order valence-electron chi connectivity index (χ2n) is 8.86. The molecule has 4 aromatic rings. The van der Waals surface area contributed by atoms with Crippen molar-refractivity contribution in [3.63, 3.8) is 0 Å². The van der Waals surface area contributed by atoms with Crippen LogP contribution in [0.15, 0.2) is 53.1 Å². The highest BCUT2D eigenvalue weighted by Gasteiger charge is 2.24. The van der Waals surface area contributed by atoms with Crippen LogP contribution in [0.3, 0.4) is 0 Å². The van der Waals surface area contributed by atoms with E-state index in [0.717, 1.165) is 22.4 Å². The highest BCUT2D eigenvalue weighted by Crippen LogP contribution is 2.39. The van der Waals surface area contributed by atoms with Gasteiger partial charge in [0.1, 0.15) is 23.1 Å². The van der Waals surface area contributed by atoms with Crippen molar-refractivity contribution in [2.75, 3.05) is 32.1 Å². The van der Waals surface area contributed by atoms with Gasteiger partial charge in [0.2, 0.25) is 5.69 Å². The minimum atomic E-state index is -0.859. The predicted molar refractivity (Wildman–Crippen MR) is 133 cm³/mol. The lowest BCUT2D eigenvalue weighted by molar-refractivity contribution is 0.0822. The molecule has 0 N–H and O–H groups in total. The minimum absolute atomic E-state index is 0.164. The van der Waals surface area contributed by atoms with Crippen molar-refractivity contribution in [3.05, 3.63) is 71.5 Å². The molecule has 0 radical (unpaired) electrons. The number of anilines is 1. The Morgan fingerprint density at radius 3 is 2.71 bits per heavy atom. The normalized spacial score (nSPS) is 15.4. The van der Waals surface area contributed by atoms with Crippen LogP contribution in [-0.2, 0) is 0 Å². The molecule has 1 fully saturated rings. The number of amides is 1. The van der Waals surface area contributed by atoms with E-state index < -0.39 is 6.17 Å². The SMILES string of the molecule is [C-]#[N+]c1cc(-c2ccnc3cc(-c4ccc(C(=O)N(C)C)nc4C)oc23)ccc1N1CC[C@@H](F)C1. The van der Waals surface area contributed by atoms with Crippen LogP contribution in [0.4, 0.5) is 15.8 Å². The highest BCUT2D eigenvalue weighted by molar-refractivity contribution is 5.95. The molecule has 4 heterocycles. The maximum Gasteiger partial charge on any atom is 0.271 e. The first-order valence-corrected chi connectivity index (χ1v) is 11.3. The molecule has 5 rings (SSSR count). The number of aromatic nitrogens is 2. The molecule has 0 saturated carbocycles. The molecule has 0 spiro atoms. The van der Waals surface area contributed by atoms with Crippen molar-refractivity contribution in [2.24, 2.45) is 0 Å². The van der Waals surface area contributed by atoms with Gasteiger partial charge >= 0.3 is 0 Å². The lowest BCUT2D eigenvalue weighted by Crippen LogP contribution is -2.22. The first-order valence-electron chi connectivity index (χ1n) is 11.3. The van der Waals surface area contributed by atoms with E-state index in [0.29, 0.717) is 53.4 Å². The van der Waals surface area contributed by atoms with Crippen LogP contribution in [0.5, 0.6) is 0 Å². The molecule has 0 unspecified atom stereocenters. The first-order chi connectivity index (χ1) is 16.9. The van der Waals surface area contributed by atoms with Gasteiger partial charge in [-0.1, -0.05) is 6.07 Å². The number of carbonyl (C=O) groups excluding carboxylic acids is 1. The fraction of sp³-hybridized carbons (Fsp3) is 0.259. The van der Waals surface area contributed by atoms with Crippen molar-refractivity contribution in [1.29, 1.82) is 0 Å². The number of carbonyl (C=O) groups is 1. The van der Waals surface area contributed by atoms with Gasteiger partial charge in [0, 0.05) is 62.0 Å². The van der Waals surface area contributed by atoms with Crippen LogP contribution in [0.1, 0.15) is 22.6 Å². The standard InChI is InChI=1S/C27H24FN5O2/c1-16-19(6-7-21(31-16)27(34)32(3)4)25-14-23-26(35-25)20(9-11-30-23)17-5-8-24(22(13-17)29-2)33-12-10-18(28)15-33/h5-9,11,13-14,18H,10,12,15H2,1,3-4H3/t18-/m1/s1. The maximum absolute atomic E-state index is 13.7. The van der Waals surface area contributed by atoms with Gasteiger partial charge in [0.05, 0.1) is 6.57 Å². The number of aryl methyl sites for hydroxylation is 1. The molecule has 176 valence electrons. The van der Waals surface area contributed by atoms with E-state index in [2.05, 4.69) is 14.8 Å². The largest absolute Gasteiger partial charge is 0.454 e. The predicted octanol–water partition coefficient (Wildman–Crippen LogP) is 5.67. The summed E-state index contributed by atoms with van der Waals surface area (Å²) in [5.41, 5.74) is 5.97. The topological polar surface area (TPSA) is 66.8 Å². The molecule has 35 heavy (non-hydrogen) atoms. The number of nitrogens with zero attached hydrogens (tertiary/aromatic N) is 5. The highest BCUT2D eigenvalue weighted by atomic mass is 19.1. The monoisotopic (exact) mass is 469 g/mol. The van der Waals surface area contributed by atoms with Crippen LogP contribution in [0.25, 0.3) is 38.4 Å². The van der Waals surface area contributed by atoms with Gasteiger partial charge in [0.15, 0.2) is 5.58 Å². The molecule has 1 aliphatic heterocycles. The molecule has 7 nitrogen and oxygen atoms in total. The van der Waals surface area contributed by atoms with E-state index in [4.69, 9.17) is 11.0 Å². The third-order valence-corrected chi connectivity index (χ3v) is 6.27. The second-order valence-corrected chi connectivity index (χ2v) is 8.86. The van der Waals surface area contributed by atoms with Gasteiger partial charge < -0.3 is 14.2 Å².